The highest BCUT2D eigenvalue weighted by atomic mass is 16.5. The molecule has 1 fully saturated rings. The van der Waals surface area contributed by atoms with Crippen LogP contribution in [0.2, 0.25) is 0 Å². The van der Waals surface area contributed by atoms with Gasteiger partial charge in [0.1, 0.15) is 0 Å². The number of piperazine rings is 1. The van der Waals surface area contributed by atoms with Gasteiger partial charge in [-0.1, -0.05) is 6.92 Å². The molecule has 3 nitrogen and oxygen atoms in total. The van der Waals surface area contributed by atoms with E-state index in [1.54, 1.807) is 7.11 Å². The number of methoxy groups -OCH3 is 1. The van der Waals surface area contributed by atoms with Gasteiger partial charge in [0.15, 0.2) is 0 Å². The van der Waals surface area contributed by atoms with E-state index in [0.717, 1.165) is 19.7 Å². The molecule has 1 atom stereocenters. The Hall–Kier alpha value is -0.120. The molecular weight excluding hydrogens is 152 g/mol. The standard InChI is InChI=1S/C9H20N2O/c1-9(8-12-2)7-11-5-3-10-4-6-11/h9-10H,3-8H2,1-2H3. The number of ether oxygens (including phenoxy) is 1. The van der Waals surface area contributed by atoms with Gasteiger partial charge in [-0.3, -0.25) is 0 Å². The predicted octanol–water partition coefficient (Wildman–Crippen LogP) is 0.174. The molecule has 0 amide bonds. The van der Waals surface area contributed by atoms with Crippen molar-refractivity contribution in [3.63, 3.8) is 0 Å². The first-order valence-electron chi connectivity index (χ1n) is 4.75. The van der Waals surface area contributed by atoms with Crippen molar-refractivity contribution in [2.45, 2.75) is 6.92 Å². The van der Waals surface area contributed by atoms with Crippen molar-refractivity contribution < 1.29 is 4.74 Å². The van der Waals surface area contributed by atoms with E-state index in [4.69, 9.17) is 4.74 Å². The summed E-state index contributed by atoms with van der Waals surface area (Å²) in [5.74, 6) is 0.660. The Bertz CT molecular complexity index is 113. The lowest BCUT2D eigenvalue weighted by Gasteiger charge is -2.29. The fraction of sp³-hybridized carbons (Fsp3) is 1.00. The second kappa shape index (κ2) is 5.51. The van der Waals surface area contributed by atoms with Crippen molar-refractivity contribution in [1.29, 1.82) is 0 Å². The smallest absolute Gasteiger partial charge is 0.0500 e. The summed E-state index contributed by atoms with van der Waals surface area (Å²) in [6.07, 6.45) is 0. The van der Waals surface area contributed by atoms with Crippen LogP contribution in [0.5, 0.6) is 0 Å². The zero-order valence-electron chi connectivity index (χ0n) is 8.18. The van der Waals surface area contributed by atoms with E-state index in [1.165, 1.54) is 19.6 Å². The molecule has 0 saturated carbocycles. The number of hydrogen-bond donors (Lipinski definition) is 1. The van der Waals surface area contributed by atoms with Gasteiger partial charge < -0.3 is 15.0 Å². The average Bonchev–Trinajstić information content (AvgIpc) is 2.06. The lowest BCUT2D eigenvalue weighted by atomic mass is 10.2. The summed E-state index contributed by atoms with van der Waals surface area (Å²) in [5, 5.41) is 3.35. The van der Waals surface area contributed by atoms with Gasteiger partial charge in [0.25, 0.3) is 0 Å². The molecule has 72 valence electrons. The van der Waals surface area contributed by atoms with Gasteiger partial charge in [-0.05, 0) is 5.92 Å². The molecule has 0 aliphatic carbocycles. The first kappa shape index (κ1) is 9.96. The molecule has 0 aromatic rings. The zero-order chi connectivity index (χ0) is 8.81. The number of nitrogens with one attached hydrogen (secondary N) is 1. The Labute approximate surface area is 75.1 Å². The highest BCUT2D eigenvalue weighted by Gasteiger charge is 2.12. The summed E-state index contributed by atoms with van der Waals surface area (Å²) in [5.41, 5.74) is 0. The van der Waals surface area contributed by atoms with Crippen molar-refractivity contribution in [1.82, 2.24) is 10.2 Å². The van der Waals surface area contributed by atoms with Crippen LogP contribution in [0.3, 0.4) is 0 Å². The van der Waals surface area contributed by atoms with Crippen LogP contribution in [-0.4, -0.2) is 51.3 Å². The number of hydrogen-bond acceptors (Lipinski definition) is 3. The molecule has 1 aliphatic heterocycles. The molecule has 0 aromatic carbocycles. The van der Waals surface area contributed by atoms with Crippen LogP contribution in [0.15, 0.2) is 0 Å². The molecule has 0 bridgehead atoms. The average molecular weight is 172 g/mol. The maximum atomic E-state index is 5.10. The van der Waals surface area contributed by atoms with Crippen molar-refractivity contribution >= 4 is 0 Å². The minimum Gasteiger partial charge on any atom is -0.384 e. The Balaban J connectivity index is 2.11. The molecule has 1 unspecified atom stereocenters. The van der Waals surface area contributed by atoms with Crippen LogP contribution in [0, 0.1) is 5.92 Å². The van der Waals surface area contributed by atoms with Gasteiger partial charge in [-0.25, -0.2) is 0 Å². The van der Waals surface area contributed by atoms with Crippen molar-refractivity contribution in [3.05, 3.63) is 0 Å². The minimum absolute atomic E-state index is 0.660. The molecule has 1 N–H and O–H groups in total. The molecule has 0 aromatic heterocycles. The normalized spacial score (nSPS) is 22.5. The van der Waals surface area contributed by atoms with Gasteiger partial charge in [0.2, 0.25) is 0 Å². The maximum absolute atomic E-state index is 5.10. The van der Waals surface area contributed by atoms with Crippen molar-refractivity contribution in [2.75, 3.05) is 46.4 Å². The Morgan fingerprint density at radius 3 is 2.67 bits per heavy atom. The Kier molecular flexibility index (Phi) is 4.58. The third-order valence-corrected chi connectivity index (χ3v) is 2.23. The van der Waals surface area contributed by atoms with Crippen molar-refractivity contribution in [2.24, 2.45) is 5.92 Å². The van der Waals surface area contributed by atoms with Crippen LogP contribution >= 0.6 is 0 Å². The first-order valence-corrected chi connectivity index (χ1v) is 4.75. The lowest BCUT2D eigenvalue weighted by Crippen LogP contribution is -2.45. The second-order valence-corrected chi connectivity index (χ2v) is 3.61. The van der Waals surface area contributed by atoms with Gasteiger partial charge >= 0.3 is 0 Å². The molecule has 1 rings (SSSR count). The van der Waals surface area contributed by atoms with E-state index >= 15 is 0 Å². The molecule has 1 saturated heterocycles. The molecule has 0 radical (unpaired) electrons. The van der Waals surface area contributed by atoms with E-state index in [2.05, 4.69) is 17.1 Å². The Morgan fingerprint density at radius 2 is 2.08 bits per heavy atom. The van der Waals surface area contributed by atoms with Crippen LogP contribution < -0.4 is 5.32 Å². The lowest BCUT2D eigenvalue weighted by molar-refractivity contribution is 0.124. The van der Waals surface area contributed by atoms with E-state index in [0.29, 0.717) is 5.92 Å². The van der Waals surface area contributed by atoms with Crippen LogP contribution in [0.25, 0.3) is 0 Å². The van der Waals surface area contributed by atoms with E-state index < -0.39 is 0 Å². The number of rotatable bonds is 4. The molecule has 12 heavy (non-hydrogen) atoms. The third-order valence-electron chi connectivity index (χ3n) is 2.23. The summed E-state index contributed by atoms with van der Waals surface area (Å²) < 4.78 is 5.10. The van der Waals surface area contributed by atoms with Crippen LogP contribution in [-0.2, 0) is 4.74 Å². The molecular formula is C9H20N2O. The van der Waals surface area contributed by atoms with Gasteiger partial charge in [0.05, 0.1) is 0 Å². The van der Waals surface area contributed by atoms with Gasteiger partial charge in [-0.2, -0.15) is 0 Å². The first-order chi connectivity index (χ1) is 5.83. The number of nitrogens with zero attached hydrogens (tertiary/aromatic N) is 1. The summed E-state index contributed by atoms with van der Waals surface area (Å²) in [7, 11) is 1.77. The van der Waals surface area contributed by atoms with E-state index in [9.17, 15) is 0 Å². The fourth-order valence-electron chi connectivity index (χ4n) is 1.67. The van der Waals surface area contributed by atoms with E-state index in [1.807, 2.05) is 0 Å². The predicted molar refractivity (Wildman–Crippen MR) is 50.3 cm³/mol. The summed E-state index contributed by atoms with van der Waals surface area (Å²) in [6.45, 7) is 8.95. The van der Waals surface area contributed by atoms with Crippen LogP contribution in [0.4, 0.5) is 0 Å². The highest BCUT2D eigenvalue weighted by Crippen LogP contribution is 2.01. The Morgan fingerprint density at radius 1 is 1.42 bits per heavy atom. The van der Waals surface area contributed by atoms with Gasteiger partial charge in [0, 0.05) is 46.4 Å². The molecule has 0 spiro atoms. The van der Waals surface area contributed by atoms with Crippen molar-refractivity contribution in [3.8, 4) is 0 Å². The fourth-order valence-corrected chi connectivity index (χ4v) is 1.67. The van der Waals surface area contributed by atoms with Crippen LogP contribution in [0.1, 0.15) is 6.92 Å². The quantitative estimate of drug-likeness (QED) is 0.654. The summed E-state index contributed by atoms with van der Waals surface area (Å²) >= 11 is 0. The zero-order valence-corrected chi connectivity index (χ0v) is 8.18. The monoisotopic (exact) mass is 172 g/mol. The second-order valence-electron chi connectivity index (χ2n) is 3.61. The SMILES string of the molecule is COCC(C)CN1CCNCC1. The topological polar surface area (TPSA) is 24.5 Å². The largest absolute Gasteiger partial charge is 0.384 e. The maximum Gasteiger partial charge on any atom is 0.0500 e. The van der Waals surface area contributed by atoms with Gasteiger partial charge in [-0.15, -0.1) is 0 Å². The van der Waals surface area contributed by atoms with E-state index in [-0.39, 0.29) is 0 Å². The summed E-state index contributed by atoms with van der Waals surface area (Å²) in [6, 6.07) is 0. The summed E-state index contributed by atoms with van der Waals surface area (Å²) in [4.78, 5) is 2.50. The molecule has 1 aliphatic rings. The molecule has 3 heteroatoms. The molecule has 1 heterocycles. The minimum atomic E-state index is 0.660. The third kappa shape index (κ3) is 3.52. The highest BCUT2D eigenvalue weighted by molar-refractivity contribution is 4.69.